The highest BCUT2D eigenvalue weighted by molar-refractivity contribution is 6.08. The van der Waals surface area contributed by atoms with Crippen molar-refractivity contribution >= 4 is 17.6 Å². The Morgan fingerprint density at radius 1 is 1.15 bits per heavy atom. The van der Waals surface area contributed by atoms with Gasteiger partial charge in [-0.05, 0) is 80.2 Å². The summed E-state index contributed by atoms with van der Waals surface area (Å²) in [6.07, 6.45) is 12.1. The number of hydrogen-bond acceptors (Lipinski definition) is 7. The van der Waals surface area contributed by atoms with Gasteiger partial charge in [0.15, 0.2) is 11.4 Å². The Balaban J connectivity index is 1.29. The zero-order valence-corrected chi connectivity index (χ0v) is 19.2. The second kappa shape index (κ2) is 11.0. The third-order valence-corrected chi connectivity index (χ3v) is 6.65. The van der Waals surface area contributed by atoms with Crippen molar-refractivity contribution in [2.75, 3.05) is 25.5 Å². The number of nitriles is 1. The fraction of sp³-hybridized carbons (Fsp3) is 0.462. The fourth-order valence-electron chi connectivity index (χ4n) is 4.42. The van der Waals surface area contributed by atoms with Crippen LogP contribution in [0, 0.1) is 28.6 Å². The van der Waals surface area contributed by atoms with Crippen LogP contribution >= 0.6 is 0 Å². The van der Waals surface area contributed by atoms with Gasteiger partial charge in [0.2, 0.25) is 0 Å². The molecule has 0 aromatic carbocycles. The largest absolute Gasteiger partial charge is 0.494 e. The molecule has 0 unspecified atom stereocenters. The molecule has 0 bridgehead atoms. The van der Waals surface area contributed by atoms with Crippen LogP contribution in [-0.4, -0.2) is 36.4 Å². The Morgan fingerprint density at radius 3 is 2.61 bits per heavy atom. The van der Waals surface area contributed by atoms with Crippen molar-refractivity contribution in [2.24, 2.45) is 11.8 Å². The molecule has 2 saturated carbocycles. The van der Waals surface area contributed by atoms with Crippen molar-refractivity contribution in [2.45, 2.75) is 44.4 Å². The molecule has 0 saturated heterocycles. The average molecular weight is 445 g/mol. The lowest BCUT2D eigenvalue weighted by molar-refractivity contribution is 0.334. The van der Waals surface area contributed by atoms with Gasteiger partial charge in [0.25, 0.3) is 0 Å². The van der Waals surface area contributed by atoms with Crippen LogP contribution in [-0.2, 0) is 0 Å². The van der Waals surface area contributed by atoms with Gasteiger partial charge in [-0.1, -0.05) is 0 Å². The van der Waals surface area contributed by atoms with Gasteiger partial charge >= 0.3 is 0 Å². The first-order valence-electron chi connectivity index (χ1n) is 11.8. The summed E-state index contributed by atoms with van der Waals surface area (Å²) < 4.78 is 5.21. The molecular weight excluding hydrogens is 412 g/mol. The molecule has 2 aromatic heterocycles. The van der Waals surface area contributed by atoms with Gasteiger partial charge < -0.3 is 20.8 Å². The molecule has 0 atom stereocenters. The number of nitrogens with one attached hydrogen (secondary N) is 3. The van der Waals surface area contributed by atoms with Gasteiger partial charge in [0.05, 0.1) is 7.11 Å². The second-order valence-corrected chi connectivity index (χ2v) is 9.02. The molecule has 2 aromatic rings. The Morgan fingerprint density at radius 2 is 1.91 bits per heavy atom. The summed E-state index contributed by atoms with van der Waals surface area (Å²) >= 11 is 0. The predicted molar refractivity (Wildman–Crippen MR) is 130 cm³/mol. The van der Waals surface area contributed by atoms with Crippen LogP contribution < -0.4 is 15.4 Å². The number of allylic oxidation sites excluding steroid dienone is 1. The average Bonchev–Trinajstić information content (AvgIpc) is 3.70. The number of hydrogen-bond donors (Lipinski definition) is 3. The number of aromatic nitrogens is 2. The molecule has 0 amide bonds. The van der Waals surface area contributed by atoms with Gasteiger partial charge in [0, 0.05) is 48.9 Å². The van der Waals surface area contributed by atoms with E-state index in [0.29, 0.717) is 23.3 Å². The third kappa shape index (κ3) is 6.10. The van der Waals surface area contributed by atoms with Gasteiger partial charge in [-0.3, -0.25) is 0 Å². The lowest BCUT2D eigenvalue weighted by atomic mass is 9.80. The molecule has 4 rings (SSSR count). The van der Waals surface area contributed by atoms with Crippen molar-refractivity contribution in [1.82, 2.24) is 15.3 Å². The molecule has 2 aliphatic carbocycles. The van der Waals surface area contributed by atoms with Crippen molar-refractivity contribution in [1.29, 1.82) is 10.7 Å². The molecule has 3 N–H and O–H groups in total. The third-order valence-electron chi connectivity index (χ3n) is 6.65. The smallest absolute Gasteiger partial charge is 0.182 e. The SMILES string of the molecule is COc1ccc(C2CCC(CNc3cc(/C(C=N)=C/NCC4CC4)ccn3)CC2)nc1C#N. The van der Waals surface area contributed by atoms with E-state index in [1.165, 1.54) is 19.1 Å². The highest BCUT2D eigenvalue weighted by Crippen LogP contribution is 2.36. The van der Waals surface area contributed by atoms with E-state index in [0.717, 1.165) is 67.3 Å². The maximum Gasteiger partial charge on any atom is 0.182 e. The van der Waals surface area contributed by atoms with E-state index in [1.807, 2.05) is 30.5 Å². The van der Waals surface area contributed by atoms with Crippen LogP contribution in [0.2, 0.25) is 0 Å². The molecule has 33 heavy (non-hydrogen) atoms. The first kappa shape index (κ1) is 22.8. The monoisotopic (exact) mass is 444 g/mol. The summed E-state index contributed by atoms with van der Waals surface area (Å²) in [6.45, 7) is 1.87. The van der Waals surface area contributed by atoms with Gasteiger partial charge in [0.1, 0.15) is 11.9 Å². The number of ether oxygens (including phenoxy) is 1. The van der Waals surface area contributed by atoms with Crippen LogP contribution in [0.25, 0.3) is 5.57 Å². The molecule has 7 heteroatoms. The number of pyridine rings is 2. The van der Waals surface area contributed by atoms with E-state index >= 15 is 0 Å². The summed E-state index contributed by atoms with van der Waals surface area (Å²) in [4.78, 5) is 9.00. The zero-order chi connectivity index (χ0) is 23.0. The molecule has 2 fully saturated rings. The maximum atomic E-state index is 9.30. The summed E-state index contributed by atoms with van der Waals surface area (Å²) in [6, 6.07) is 9.95. The van der Waals surface area contributed by atoms with Crippen molar-refractivity contribution in [3.8, 4) is 11.8 Å². The van der Waals surface area contributed by atoms with E-state index in [4.69, 9.17) is 10.1 Å². The molecule has 0 radical (unpaired) electrons. The summed E-state index contributed by atoms with van der Waals surface area (Å²) in [5, 5.41) is 23.9. The number of methoxy groups -OCH3 is 1. The normalized spacial score (nSPS) is 20.5. The number of rotatable bonds is 10. The maximum absolute atomic E-state index is 9.30. The molecule has 7 nitrogen and oxygen atoms in total. The number of anilines is 1. The van der Waals surface area contributed by atoms with E-state index in [2.05, 4.69) is 26.7 Å². The summed E-state index contributed by atoms with van der Waals surface area (Å²) in [5.41, 5.74) is 3.22. The van der Waals surface area contributed by atoms with E-state index < -0.39 is 0 Å². The van der Waals surface area contributed by atoms with Crippen LogP contribution in [0.4, 0.5) is 5.82 Å². The Hall–Kier alpha value is -3.40. The number of nitrogens with zero attached hydrogens (tertiary/aromatic N) is 3. The highest BCUT2D eigenvalue weighted by atomic mass is 16.5. The van der Waals surface area contributed by atoms with Crippen LogP contribution in [0.1, 0.15) is 61.4 Å². The van der Waals surface area contributed by atoms with Crippen LogP contribution in [0.5, 0.6) is 5.75 Å². The molecular formula is C26H32N6O. The van der Waals surface area contributed by atoms with Crippen LogP contribution in [0.3, 0.4) is 0 Å². The molecule has 2 aliphatic rings. The zero-order valence-electron chi connectivity index (χ0n) is 19.2. The molecule has 0 aliphatic heterocycles. The van der Waals surface area contributed by atoms with E-state index in [1.54, 1.807) is 13.3 Å². The van der Waals surface area contributed by atoms with Crippen molar-refractivity contribution in [3.05, 3.63) is 53.6 Å². The molecule has 0 spiro atoms. The predicted octanol–water partition coefficient (Wildman–Crippen LogP) is 4.73. The lowest BCUT2D eigenvalue weighted by Crippen LogP contribution is -2.21. The van der Waals surface area contributed by atoms with Crippen LogP contribution in [0.15, 0.2) is 36.7 Å². The van der Waals surface area contributed by atoms with Gasteiger partial charge in [-0.25, -0.2) is 9.97 Å². The quantitative estimate of drug-likeness (QED) is 0.457. The highest BCUT2D eigenvalue weighted by Gasteiger charge is 2.24. The van der Waals surface area contributed by atoms with Gasteiger partial charge in [-0.15, -0.1) is 0 Å². The summed E-state index contributed by atoms with van der Waals surface area (Å²) in [7, 11) is 1.56. The Bertz CT molecular complexity index is 1030. The molecule has 2 heterocycles. The first-order chi connectivity index (χ1) is 16.2. The van der Waals surface area contributed by atoms with Gasteiger partial charge in [-0.2, -0.15) is 5.26 Å². The minimum absolute atomic E-state index is 0.367. The Kier molecular flexibility index (Phi) is 7.56. The molecule has 172 valence electrons. The first-order valence-corrected chi connectivity index (χ1v) is 11.8. The minimum Gasteiger partial charge on any atom is -0.494 e. The second-order valence-electron chi connectivity index (χ2n) is 9.02. The summed E-state index contributed by atoms with van der Waals surface area (Å²) in [5.74, 6) is 3.16. The Labute approximate surface area is 195 Å². The van der Waals surface area contributed by atoms with E-state index in [9.17, 15) is 5.26 Å². The fourth-order valence-corrected chi connectivity index (χ4v) is 4.42. The minimum atomic E-state index is 0.367. The topological polar surface area (TPSA) is 107 Å². The lowest BCUT2D eigenvalue weighted by Gasteiger charge is -2.28. The standard InChI is InChI=1S/C26H32N6O/c1-33-25-9-8-23(32-24(25)14-28)20-6-4-19(5-7-20)16-31-26-12-21(10-11-30-26)22(13-27)17-29-15-18-2-3-18/h8-13,17-20,27,29H,2-7,15-16H2,1H3,(H,30,31)/b22-17+,27-13?. The van der Waals surface area contributed by atoms with Crippen molar-refractivity contribution < 1.29 is 4.74 Å². The van der Waals surface area contributed by atoms with Crippen molar-refractivity contribution in [3.63, 3.8) is 0 Å². The van der Waals surface area contributed by atoms with E-state index in [-0.39, 0.29) is 0 Å².